The Morgan fingerprint density at radius 2 is 1.60 bits per heavy atom. The van der Waals surface area contributed by atoms with Crippen LogP contribution in [-0.4, -0.2) is 29.2 Å². The lowest BCUT2D eigenvalue weighted by atomic mass is 10.1. The Kier molecular flexibility index (Phi) is 6.10. The van der Waals surface area contributed by atoms with Crippen molar-refractivity contribution in [2.75, 3.05) is 17.7 Å². The third-order valence-corrected chi connectivity index (χ3v) is 5.03. The quantitative estimate of drug-likeness (QED) is 0.344. The highest BCUT2D eigenvalue weighted by atomic mass is 32.2. The Labute approximate surface area is 177 Å². The van der Waals surface area contributed by atoms with E-state index in [4.69, 9.17) is 9.15 Å². The first-order valence-electron chi connectivity index (χ1n) is 9.27. The van der Waals surface area contributed by atoms with Gasteiger partial charge in [-0.1, -0.05) is 66.4 Å². The maximum absolute atomic E-state index is 12.0. The summed E-state index contributed by atoms with van der Waals surface area (Å²) in [5, 5.41) is 3.10. The van der Waals surface area contributed by atoms with Gasteiger partial charge in [-0.05, 0) is 35.4 Å². The summed E-state index contributed by atoms with van der Waals surface area (Å²) >= 11 is 1.13. The Morgan fingerprint density at radius 1 is 0.900 bits per heavy atom. The minimum atomic E-state index is -0.517. The van der Waals surface area contributed by atoms with Crippen LogP contribution in [0.15, 0.2) is 88.5 Å². The normalized spacial score (nSPS) is 10.7. The smallest absolute Gasteiger partial charge is 0.316 e. The maximum Gasteiger partial charge on any atom is 0.316 e. The molecule has 4 rings (SSSR count). The summed E-state index contributed by atoms with van der Waals surface area (Å²) in [5.41, 5.74) is 4.17. The third kappa shape index (κ3) is 5.07. The number of fused-ring (bicyclic) bond motifs is 1. The second-order valence-corrected chi connectivity index (χ2v) is 7.31. The molecule has 1 heterocycles. The van der Waals surface area contributed by atoms with Crippen molar-refractivity contribution >= 4 is 40.4 Å². The number of aromatic nitrogens is 1. The van der Waals surface area contributed by atoms with Crippen LogP contribution in [0.1, 0.15) is 0 Å². The SMILES string of the molecule is O=C(COC(=O)CSc1nc2ccccc2o1)Nc1ccc(-c2ccccc2)cc1. The Morgan fingerprint density at radius 3 is 2.37 bits per heavy atom. The molecule has 4 aromatic rings. The number of amides is 1. The molecule has 0 aliphatic carbocycles. The van der Waals surface area contributed by atoms with Crippen molar-refractivity contribution in [2.24, 2.45) is 0 Å². The largest absolute Gasteiger partial charge is 0.455 e. The average Bonchev–Trinajstić information content (AvgIpc) is 3.20. The highest BCUT2D eigenvalue weighted by Gasteiger charge is 2.12. The number of thioether (sulfide) groups is 1. The second-order valence-electron chi connectivity index (χ2n) is 6.39. The molecule has 0 aliphatic heterocycles. The summed E-state index contributed by atoms with van der Waals surface area (Å²) in [6.07, 6.45) is 0. The molecule has 3 aromatic carbocycles. The zero-order chi connectivity index (χ0) is 20.8. The van der Waals surface area contributed by atoms with Crippen LogP contribution in [-0.2, 0) is 14.3 Å². The van der Waals surface area contributed by atoms with E-state index in [0.717, 1.165) is 28.4 Å². The number of esters is 1. The van der Waals surface area contributed by atoms with E-state index >= 15 is 0 Å². The van der Waals surface area contributed by atoms with E-state index < -0.39 is 11.9 Å². The lowest BCUT2D eigenvalue weighted by Crippen LogP contribution is -2.21. The molecule has 0 aliphatic rings. The number of hydrogen-bond donors (Lipinski definition) is 1. The predicted octanol–water partition coefficient (Wildman–Crippen LogP) is 4.77. The fourth-order valence-corrected chi connectivity index (χ4v) is 3.43. The molecule has 0 atom stereocenters. The molecular weight excluding hydrogens is 400 g/mol. The number of oxazole rings is 1. The van der Waals surface area contributed by atoms with Crippen molar-refractivity contribution in [3.8, 4) is 11.1 Å². The van der Waals surface area contributed by atoms with Gasteiger partial charge < -0.3 is 14.5 Å². The molecule has 0 fully saturated rings. The number of nitrogens with zero attached hydrogens (tertiary/aromatic N) is 1. The lowest BCUT2D eigenvalue weighted by Gasteiger charge is -2.07. The first-order valence-corrected chi connectivity index (χ1v) is 10.3. The number of hydrogen-bond acceptors (Lipinski definition) is 6. The molecule has 0 spiro atoms. The zero-order valence-corrected chi connectivity index (χ0v) is 16.7. The number of ether oxygens (including phenoxy) is 1. The van der Waals surface area contributed by atoms with Gasteiger partial charge in [0.15, 0.2) is 12.2 Å². The molecule has 1 amide bonds. The molecule has 0 saturated heterocycles. The number of carbonyl (C=O) groups is 2. The second kappa shape index (κ2) is 9.28. The number of para-hydroxylation sites is 2. The van der Waals surface area contributed by atoms with Crippen molar-refractivity contribution in [3.05, 3.63) is 78.9 Å². The summed E-state index contributed by atoms with van der Waals surface area (Å²) in [6.45, 7) is -0.354. The first-order chi connectivity index (χ1) is 14.7. The van der Waals surface area contributed by atoms with E-state index in [1.807, 2.05) is 72.8 Å². The van der Waals surface area contributed by atoms with E-state index in [1.165, 1.54) is 0 Å². The summed E-state index contributed by atoms with van der Waals surface area (Å²) in [5.74, 6) is -0.911. The monoisotopic (exact) mass is 418 g/mol. The fourth-order valence-electron chi connectivity index (χ4n) is 2.79. The van der Waals surface area contributed by atoms with Crippen LogP contribution in [0.4, 0.5) is 5.69 Å². The van der Waals surface area contributed by atoms with Crippen LogP contribution in [0.5, 0.6) is 0 Å². The van der Waals surface area contributed by atoms with Gasteiger partial charge in [0.2, 0.25) is 0 Å². The van der Waals surface area contributed by atoms with Crippen LogP contribution in [0, 0.1) is 0 Å². The molecule has 7 heteroatoms. The summed E-state index contributed by atoms with van der Waals surface area (Å²) in [7, 11) is 0. The fraction of sp³-hybridized carbons (Fsp3) is 0.0870. The van der Waals surface area contributed by atoms with E-state index in [1.54, 1.807) is 6.07 Å². The summed E-state index contributed by atoms with van der Waals surface area (Å²) < 4.78 is 10.6. The van der Waals surface area contributed by atoms with Crippen molar-refractivity contribution in [2.45, 2.75) is 5.22 Å². The van der Waals surface area contributed by atoms with Crippen LogP contribution < -0.4 is 5.32 Å². The van der Waals surface area contributed by atoms with Gasteiger partial charge in [-0.25, -0.2) is 4.98 Å². The number of carbonyl (C=O) groups excluding carboxylic acids is 2. The highest BCUT2D eigenvalue weighted by molar-refractivity contribution is 7.99. The van der Waals surface area contributed by atoms with Gasteiger partial charge in [-0.2, -0.15) is 0 Å². The van der Waals surface area contributed by atoms with E-state index in [0.29, 0.717) is 16.5 Å². The average molecular weight is 418 g/mol. The molecule has 150 valence electrons. The van der Waals surface area contributed by atoms with Gasteiger partial charge in [0.25, 0.3) is 11.1 Å². The van der Waals surface area contributed by atoms with Gasteiger partial charge >= 0.3 is 5.97 Å². The molecule has 0 unspecified atom stereocenters. The molecular formula is C23H18N2O4S. The van der Waals surface area contributed by atoms with Crippen LogP contribution in [0.2, 0.25) is 0 Å². The van der Waals surface area contributed by atoms with Crippen LogP contribution in [0.3, 0.4) is 0 Å². The Bertz CT molecular complexity index is 1120. The molecule has 0 saturated carbocycles. The van der Waals surface area contributed by atoms with Crippen LogP contribution in [0.25, 0.3) is 22.2 Å². The number of nitrogens with one attached hydrogen (secondary N) is 1. The van der Waals surface area contributed by atoms with E-state index in [2.05, 4.69) is 10.3 Å². The third-order valence-electron chi connectivity index (χ3n) is 4.23. The van der Waals surface area contributed by atoms with Crippen molar-refractivity contribution in [1.82, 2.24) is 4.98 Å². The van der Waals surface area contributed by atoms with Crippen molar-refractivity contribution < 1.29 is 18.7 Å². The molecule has 30 heavy (non-hydrogen) atoms. The summed E-state index contributed by atoms with van der Waals surface area (Å²) in [6, 6.07) is 24.8. The maximum atomic E-state index is 12.0. The van der Waals surface area contributed by atoms with E-state index in [-0.39, 0.29) is 12.4 Å². The van der Waals surface area contributed by atoms with Crippen molar-refractivity contribution in [3.63, 3.8) is 0 Å². The molecule has 0 radical (unpaired) electrons. The predicted molar refractivity (Wildman–Crippen MR) is 116 cm³/mol. The highest BCUT2D eigenvalue weighted by Crippen LogP contribution is 2.23. The van der Waals surface area contributed by atoms with Gasteiger partial charge in [0.05, 0.1) is 0 Å². The number of benzene rings is 3. The van der Waals surface area contributed by atoms with Crippen molar-refractivity contribution in [1.29, 1.82) is 0 Å². The van der Waals surface area contributed by atoms with Gasteiger partial charge in [0.1, 0.15) is 11.3 Å². The number of anilines is 1. The summed E-state index contributed by atoms with van der Waals surface area (Å²) in [4.78, 5) is 28.2. The standard InChI is InChI=1S/C23H18N2O4S/c26-21(24-18-12-10-17(11-13-18)16-6-2-1-3-7-16)14-28-22(27)15-30-23-25-19-8-4-5-9-20(19)29-23/h1-13H,14-15H2,(H,24,26). The lowest BCUT2D eigenvalue weighted by molar-refractivity contribution is -0.144. The van der Waals surface area contributed by atoms with Gasteiger partial charge in [-0.15, -0.1) is 0 Å². The Hall–Kier alpha value is -3.58. The Balaban J connectivity index is 1.22. The topological polar surface area (TPSA) is 81.4 Å². The molecule has 1 aromatic heterocycles. The van der Waals surface area contributed by atoms with Crippen LogP contribution >= 0.6 is 11.8 Å². The molecule has 1 N–H and O–H groups in total. The minimum absolute atomic E-state index is 0.00583. The minimum Gasteiger partial charge on any atom is -0.455 e. The number of rotatable bonds is 7. The van der Waals surface area contributed by atoms with E-state index in [9.17, 15) is 9.59 Å². The van der Waals surface area contributed by atoms with Gasteiger partial charge in [0, 0.05) is 5.69 Å². The molecule has 6 nitrogen and oxygen atoms in total. The zero-order valence-electron chi connectivity index (χ0n) is 15.9. The first kappa shape index (κ1) is 19.7. The molecule has 0 bridgehead atoms. The van der Waals surface area contributed by atoms with Gasteiger partial charge in [-0.3, -0.25) is 9.59 Å².